The molecule has 0 aliphatic heterocycles. The van der Waals surface area contributed by atoms with Gasteiger partial charge in [-0.05, 0) is 18.6 Å². The summed E-state index contributed by atoms with van der Waals surface area (Å²) < 4.78 is 39.5. The van der Waals surface area contributed by atoms with Gasteiger partial charge in [0.2, 0.25) is 0 Å². The van der Waals surface area contributed by atoms with Crippen LogP contribution < -0.4 is 4.72 Å². The van der Waals surface area contributed by atoms with E-state index in [9.17, 15) is 17.6 Å². The molecular formula is C11H14ClFN2O3S. The van der Waals surface area contributed by atoms with Crippen LogP contribution in [0.5, 0.6) is 0 Å². The third-order valence-corrected chi connectivity index (χ3v) is 4.20. The quantitative estimate of drug-likeness (QED) is 0.902. The molecule has 0 unspecified atom stereocenters. The van der Waals surface area contributed by atoms with E-state index in [-0.39, 0.29) is 12.1 Å². The molecule has 0 saturated carbocycles. The number of amides is 1. The van der Waals surface area contributed by atoms with E-state index in [1.54, 1.807) is 6.92 Å². The lowest BCUT2D eigenvalue weighted by Gasteiger charge is -2.16. The molecule has 0 saturated heterocycles. The van der Waals surface area contributed by atoms with Gasteiger partial charge in [0.15, 0.2) is 0 Å². The first-order valence-corrected chi connectivity index (χ1v) is 7.33. The van der Waals surface area contributed by atoms with E-state index in [1.807, 2.05) is 4.72 Å². The van der Waals surface area contributed by atoms with Gasteiger partial charge in [-0.2, -0.15) is 12.7 Å². The summed E-state index contributed by atoms with van der Waals surface area (Å²) in [6.45, 7) is 2.07. The van der Waals surface area contributed by atoms with Crippen molar-refractivity contribution in [2.45, 2.75) is 13.3 Å². The summed E-state index contributed by atoms with van der Waals surface area (Å²) in [4.78, 5) is 11.8. The van der Waals surface area contributed by atoms with Gasteiger partial charge in [0.25, 0.3) is 5.91 Å². The molecule has 5 nitrogen and oxygen atoms in total. The van der Waals surface area contributed by atoms with Gasteiger partial charge >= 0.3 is 10.2 Å². The van der Waals surface area contributed by atoms with Crippen molar-refractivity contribution in [3.05, 3.63) is 34.6 Å². The van der Waals surface area contributed by atoms with E-state index in [1.165, 1.54) is 19.2 Å². The number of benzene rings is 1. The Balaban J connectivity index is 2.94. The second-order valence-electron chi connectivity index (χ2n) is 3.86. The number of halogens is 2. The molecule has 0 aliphatic carbocycles. The number of carbonyl (C=O) groups excluding carboxylic acids is 1. The first-order valence-electron chi connectivity index (χ1n) is 5.52. The van der Waals surface area contributed by atoms with Crippen LogP contribution in [0.3, 0.4) is 0 Å². The fraction of sp³-hybridized carbons (Fsp3) is 0.364. The summed E-state index contributed by atoms with van der Waals surface area (Å²) in [5, 5.41) is -0.409. The molecule has 8 heteroatoms. The van der Waals surface area contributed by atoms with Crippen molar-refractivity contribution in [1.29, 1.82) is 0 Å². The van der Waals surface area contributed by atoms with Crippen molar-refractivity contribution in [2.24, 2.45) is 0 Å². The maximum atomic E-state index is 13.2. The minimum Gasteiger partial charge on any atom is -0.268 e. The molecule has 0 spiro atoms. The normalized spacial score (nSPS) is 11.6. The third-order valence-electron chi connectivity index (χ3n) is 2.37. The van der Waals surface area contributed by atoms with E-state index in [4.69, 9.17) is 11.6 Å². The predicted octanol–water partition coefficient (Wildman–Crippen LogP) is 1.80. The second-order valence-corrected chi connectivity index (χ2v) is 6.01. The van der Waals surface area contributed by atoms with Crippen molar-refractivity contribution in [2.75, 3.05) is 13.6 Å². The van der Waals surface area contributed by atoms with Crippen molar-refractivity contribution >= 4 is 27.7 Å². The molecule has 0 aliphatic rings. The molecule has 0 bridgehead atoms. The lowest BCUT2D eigenvalue weighted by Crippen LogP contribution is -2.41. The van der Waals surface area contributed by atoms with Gasteiger partial charge in [-0.15, -0.1) is 0 Å². The number of hydrogen-bond acceptors (Lipinski definition) is 3. The van der Waals surface area contributed by atoms with Crippen molar-refractivity contribution in [3.63, 3.8) is 0 Å². The fourth-order valence-electron chi connectivity index (χ4n) is 1.36. The van der Waals surface area contributed by atoms with Gasteiger partial charge in [-0.1, -0.05) is 24.6 Å². The summed E-state index contributed by atoms with van der Waals surface area (Å²) in [6, 6.07) is 3.60. The zero-order chi connectivity index (χ0) is 14.6. The molecule has 0 radical (unpaired) electrons. The van der Waals surface area contributed by atoms with Crippen LogP contribution in [0.15, 0.2) is 18.2 Å². The van der Waals surface area contributed by atoms with Crippen molar-refractivity contribution < 1.29 is 17.6 Å². The molecule has 1 N–H and O–H groups in total. The maximum Gasteiger partial charge on any atom is 0.303 e. The summed E-state index contributed by atoms with van der Waals surface area (Å²) in [5.41, 5.74) is -0.227. The van der Waals surface area contributed by atoms with Crippen LogP contribution in [0.1, 0.15) is 23.7 Å². The van der Waals surface area contributed by atoms with Gasteiger partial charge in [0.1, 0.15) is 5.82 Å². The Labute approximate surface area is 116 Å². The fourth-order valence-corrected chi connectivity index (χ4v) is 2.50. The Morgan fingerprint density at radius 1 is 1.47 bits per heavy atom. The third kappa shape index (κ3) is 3.89. The number of hydrogen-bond donors (Lipinski definition) is 1. The Hall–Kier alpha value is -1.18. The molecule has 1 aromatic rings. The summed E-state index contributed by atoms with van der Waals surface area (Å²) in [5.74, 6) is -1.75. The lowest BCUT2D eigenvalue weighted by molar-refractivity contribution is 0.0979. The van der Waals surface area contributed by atoms with E-state index in [0.717, 1.165) is 10.4 Å². The van der Waals surface area contributed by atoms with Gasteiger partial charge in [0.05, 0.1) is 10.6 Å². The molecular weight excluding hydrogens is 295 g/mol. The van der Waals surface area contributed by atoms with Crippen LogP contribution >= 0.6 is 11.6 Å². The SMILES string of the molecule is CCCN(C)S(=O)(=O)NC(=O)c1cccc(F)c1Cl. The van der Waals surface area contributed by atoms with E-state index >= 15 is 0 Å². The highest BCUT2D eigenvalue weighted by atomic mass is 35.5. The molecule has 19 heavy (non-hydrogen) atoms. The molecule has 1 amide bonds. The Kier molecular flexibility index (Phi) is 5.28. The highest BCUT2D eigenvalue weighted by Crippen LogP contribution is 2.19. The molecule has 1 aromatic carbocycles. The van der Waals surface area contributed by atoms with E-state index < -0.39 is 27.0 Å². The van der Waals surface area contributed by atoms with Crippen LogP contribution in [0.4, 0.5) is 4.39 Å². The summed E-state index contributed by atoms with van der Waals surface area (Å²) >= 11 is 5.61. The van der Waals surface area contributed by atoms with Gasteiger partial charge in [0, 0.05) is 13.6 Å². The van der Waals surface area contributed by atoms with Gasteiger partial charge in [-0.25, -0.2) is 9.11 Å². The Morgan fingerprint density at radius 2 is 2.11 bits per heavy atom. The van der Waals surface area contributed by atoms with Gasteiger partial charge < -0.3 is 0 Å². The predicted molar refractivity (Wildman–Crippen MR) is 70.7 cm³/mol. The molecule has 1 rings (SSSR count). The minimum atomic E-state index is -3.95. The largest absolute Gasteiger partial charge is 0.303 e. The second kappa shape index (κ2) is 6.31. The molecule has 106 valence electrons. The van der Waals surface area contributed by atoms with Crippen LogP contribution in [-0.2, 0) is 10.2 Å². The van der Waals surface area contributed by atoms with E-state index in [2.05, 4.69) is 0 Å². The van der Waals surface area contributed by atoms with Crippen LogP contribution in [0.25, 0.3) is 0 Å². The zero-order valence-corrected chi connectivity index (χ0v) is 12.1. The molecule has 0 atom stereocenters. The monoisotopic (exact) mass is 308 g/mol. The average molecular weight is 309 g/mol. The summed E-state index contributed by atoms with van der Waals surface area (Å²) in [7, 11) is -2.61. The van der Waals surface area contributed by atoms with Crippen LogP contribution in [0, 0.1) is 5.82 Å². The Bertz CT molecular complexity index is 577. The first-order chi connectivity index (χ1) is 8.79. The van der Waals surface area contributed by atoms with Crippen LogP contribution in [0.2, 0.25) is 5.02 Å². The maximum absolute atomic E-state index is 13.2. The smallest absolute Gasteiger partial charge is 0.268 e. The number of nitrogens with one attached hydrogen (secondary N) is 1. The summed E-state index contributed by atoms with van der Waals surface area (Å²) in [6.07, 6.45) is 0.603. The highest BCUT2D eigenvalue weighted by molar-refractivity contribution is 7.87. The van der Waals surface area contributed by atoms with Crippen molar-refractivity contribution in [3.8, 4) is 0 Å². The minimum absolute atomic E-state index is 0.227. The number of nitrogens with zero attached hydrogens (tertiary/aromatic N) is 1. The molecule has 0 heterocycles. The van der Waals surface area contributed by atoms with Crippen LogP contribution in [-0.4, -0.2) is 32.2 Å². The first kappa shape index (κ1) is 15.9. The average Bonchev–Trinajstić information content (AvgIpc) is 2.32. The number of carbonyl (C=O) groups is 1. The van der Waals surface area contributed by atoms with Crippen molar-refractivity contribution in [1.82, 2.24) is 9.03 Å². The highest BCUT2D eigenvalue weighted by Gasteiger charge is 2.22. The molecule has 0 aromatic heterocycles. The standard InChI is InChI=1S/C11H14ClFN2O3S/c1-3-7-15(2)19(17,18)14-11(16)8-5-4-6-9(13)10(8)12/h4-6H,3,7H2,1-2H3,(H,14,16). The topological polar surface area (TPSA) is 66.5 Å². The lowest BCUT2D eigenvalue weighted by atomic mass is 10.2. The van der Waals surface area contributed by atoms with Gasteiger partial charge in [-0.3, -0.25) is 4.79 Å². The Morgan fingerprint density at radius 3 is 2.68 bits per heavy atom. The number of rotatable bonds is 5. The van der Waals surface area contributed by atoms with E-state index in [0.29, 0.717) is 6.42 Å². The zero-order valence-electron chi connectivity index (χ0n) is 10.5. The molecule has 0 fully saturated rings.